The Morgan fingerprint density at radius 1 is 1.29 bits per heavy atom. The molecule has 1 aliphatic carbocycles. The van der Waals surface area contributed by atoms with Gasteiger partial charge in [0, 0.05) is 23.7 Å². The molecule has 0 spiro atoms. The molecule has 3 heterocycles. The molecule has 28 heavy (non-hydrogen) atoms. The SMILES string of the molecule is C[C@H](Nc1ccc([N+](=O)[O-])c(Nc2cc(C3CC3)[nH]n2)n1)c1ncc(F)cn1. The quantitative estimate of drug-likeness (QED) is 0.416. The van der Waals surface area contributed by atoms with Crippen molar-refractivity contribution in [1.82, 2.24) is 25.1 Å². The van der Waals surface area contributed by atoms with E-state index in [0.29, 0.717) is 23.4 Å². The molecule has 1 aliphatic rings. The summed E-state index contributed by atoms with van der Waals surface area (Å²) >= 11 is 0. The third-order valence-electron chi connectivity index (χ3n) is 4.32. The van der Waals surface area contributed by atoms with E-state index in [9.17, 15) is 14.5 Å². The van der Waals surface area contributed by atoms with Gasteiger partial charge in [-0.15, -0.1) is 0 Å². The Kier molecular flexibility index (Phi) is 4.55. The minimum Gasteiger partial charge on any atom is -0.360 e. The zero-order valence-electron chi connectivity index (χ0n) is 14.9. The van der Waals surface area contributed by atoms with Crippen molar-refractivity contribution in [2.45, 2.75) is 31.7 Å². The van der Waals surface area contributed by atoms with E-state index >= 15 is 0 Å². The maximum absolute atomic E-state index is 13.0. The fraction of sp³-hybridized carbons (Fsp3) is 0.294. The number of H-pyrrole nitrogens is 1. The Hall–Kier alpha value is -3.63. The van der Waals surface area contributed by atoms with Crippen LogP contribution in [0.15, 0.2) is 30.6 Å². The molecule has 0 aromatic carbocycles. The van der Waals surface area contributed by atoms with E-state index in [1.807, 2.05) is 6.07 Å². The summed E-state index contributed by atoms with van der Waals surface area (Å²) in [5, 5.41) is 24.4. The molecule has 10 nitrogen and oxygen atoms in total. The van der Waals surface area contributed by atoms with Gasteiger partial charge in [0.05, 0.1) is 23.4 Å². The number of anilines is 3. The van der Waals surface area contributed by atoms with Gasteiger partial charge >= 0.3 is 5.69 Å². The van der Waals surface area contributed by atoms with Crippen molar-refractivity contribution in [3.63, 3.8) is 0 Å². The van der Waals surface area contributed by atoms with Gasteiger partial charge in [0.25, 0.3) is 0 Å². The second-order valence-corrected chi connectivity index (χ2v) is 6.55. The minimum atomic E-state index is -0.527. The van der Waals surface area contributed by atoms with E-state index in [1.54, 1.807) is 6.92 Å². The van der Waals surface area contributed by atoms with Gasteiger partial charge in [0.15, 0.2) is 11.6 Å². The number of aromatic nitrogens is 5. The summed E-state index contributed by atoms with van der Waals surface area (Å²) in [6.07, 6.45) is 4.38. The number of hydrogen-bond acceptors (Lipinski definition) is 8. The van der Waals surface area contributed by atoms with Crippen LogP contribution in [-0.4, -0.2) is 30.1 Å². The first-order valence-corrected chi connectivity index (χ1v) is 8.71. The Balaban J connectivity index is 1.55. The van der Waals surface area contributed by atoms with Crippen LogP contribution in [0.3, 0.4) is 0 Å². The summed E-state index contributed by atoms with van der Waals surface area (Å²) in [6.45, 7) is 1.78. The average Bonchev–Trinajstić information content (AvgIpc) is 3.42. The molecule has 0 unspecified atom stereocenters. The lowest BCUT2D eigenvalue weighted by Crippen LogP contribution is -2.12. The smallest absolute Gasteiger partial charge is 0.311 e. The fourth-order valence-corrected chi connectivity index (χ4v) is 2.73. The number of nitrogens with zero attached hydrogens (tertiary/aromatic N) is 5. The second kappa shape index (κ2) is 7.18. The Morgan fingerprint density at radius 3 is 2.71 bits per heavy atom. The van der Waals surface area contributed by atoms with E-state index in [0.717, 1.165) is 30.9 Å². The predicted molar refractivity (Wildman–Crippen MR) is 98.8 cm³/mol. The number of pyridine rings is 1. The molecule has 1 saturated carbocycles. The highest BCUT2D eigenvalue weighted by atomic mass is 19.1. The van der Waals surface area contributed by atoms with Crippen LogP contribution in [0.25, 0.3) is 0 Å². The number of rotatable bonds is 7. The van der Waals surface area contributed by atoms with Crippen LogP contribution >= 0.6 is 0 Å². The van der Waals surface area contributed by atoms with Gasteiger partial charge < -0.3 is 10.6 Å². The summed E-state index contributed by atoms with van der Waals surface area (Å²) in [4.78, 5) is 23.0. The molecular weight excluding hydrogens is 367 g/mol. The third-order valence-corrected chi connectivity index (χ3v) is 4.32. The maximum Gasteiger partial charge on any atom is 0.311 e. The number of hydrogen-bond donors (Lipinski definition) is 3. The molecule has 0 radical (unpaired) electrons. The van der Waals surface area contributed by atoms with Gasteiger partial charge in [-0.1, -0.05) is 0 Å². The molecule has 0 bridgehead atoms. The van der Waals surface area contributed by atoms with Crippen molar-refractivity contribution >= 4 is 23.1 Å². The molecule has 144 valence electrons. The van der Waals surface area contributed by atoms with Crippen LogP contribution in [0, 0.1) is 15.9 Å². The zero-order valence-corrected chi connectivity index (χ0v) is 14.9. The van der Waals surface area contributed by atoms with Crippen molar-refractivity contribution in [3.05, 3.63) is 58.0 Å². The van der Waals surface area contributed by atoms with Crippen LogP contribution in [0.4, 0.5) is 27.5 Å². The molecule has 3 N–H and O–H groups in total. The van der Waals surface area contributed by atoms with Gasteiger partial charge in [0.1, 0.15) is 11.6 Å². The number of nitrogens with one attached hydrogen (secondary N) is 3. The van der Waals surface area contributed by atoms with Crippen molar-refractivity contribution in [2.75, 3.05) is 10.6 Å². The second-order valence-electron chi connectivity index (χ2n) is 6.55. The van der Waals surface area contributed by atoms with Crippen LogP contribution in [0.1, 0.15) is 43.2 Å². The molecule has 4 rings (SSSR count). The lowest BCUT2D eigenvalue weighted by Gasteiger charge is -2.14. The first kappa shape index (κ1) is 17.8. The standard InChI is InChI=1S/C17H17FN8O2/c1-9(16-19-7-11(18)8-20-16)21-14-5-4-13(26(27)28)17(22-14)23-15-6-12(24-25-15)10-2-3-10/h4-10H,2-3H2,1H3,(H3,21,22,23,24,25)/t9-/m0/s1. The van der Waals surface area contributed by atoms with Gasteiger partial charge in [-0.25, -0.2) is 19.3 Å². The van der Waals surface area contributed by atoms with E-state index < -0.39 is 10.7 Å². The van der Waals surface area contributed by atoms with Crippen LogP contribution in [-0.2, 0) is 0 Å². The van der Waals surface area contributed by atoms with E-state index in [-0.39, 0.29) is 17.5 Å². The zero-order chi connectivity index (χ0) is 19.7. The Labute approximate surface area is 158 Å². The Bertz CT molecular complexity index is 1000. The van der Waals surface area contributed by atoms with E-state index in [1.165, 1.54) is 12.1 Å². The highest BCUT2D eigenvalue weighted by Gasteiger charge is 2.26. The largest absolute Gasteiger partial charge is 0.360 e. The number of nitro groups is 1. The monoisotopic (exact) mass is 384 g/mol. The molecule has 0 saturated heterocycles. The molecule has 1 atom stereocenters. The first-order chi connectivity index (χ1) is 13.5. The van der Waals surface area contributed by atoms with Gasteiger partial charge in [-0.05, 0) is 25.8 Å². The Morgan fingerprint density at radius 2 is 2.04 bits per heavy atom. The summed E-state index contributed by atoms with van der Waals surface area (Å²) in [6, 6.07) is 4.29. The summed E-state index contributed by atoms with van der Waals surface area (Å²) in [5.41, 5.74) is 0.828. The van der Waals surface area contributed by atoms with Gasteiger partial charge in [0.2, 0.25) is 5.82 Å². The molecule has 0 aliphatic heterocycles. The summed E-state index contributed by atoms with van der Waals surface area (Å²) in [7, 11) is 0. The van der Waals surface area contributed by atoms with Crippen molar-refractivity contribution in [3.8, 4) is 0 Å². The number of aromatic amines is 1. The molecule has 1 fully saturated rings. The first-order valence-electron chi connectivity index (χ1n) is 8.71. The normalized spacial score (nSPS) is 14.5. The van der Waals surface area contributed by atoms with Gasteiger partial charge in [-0.2, -0.15) is 5.10 Å². The lowest BCUT2D eigenvalue weighted by molar-refractivity contribution is -0.384. The molecular formula is C17H17FN8O2. The molecule has 3 aromatic rings. The van der Waals surface area contributed by atoms with Gasteiger partial charge in [-0.3, -0.25) is 15.2 Å². The summed E-state index contributed by atoms with van der Waals surface area (Å²) in [5.74, 6) is 1.24. The molecule has 11 heteroatoms. The van der Waals surface area contributed by atoms with Crippen molar-refractivity contribution < 1.29 is 9.31 Å². The van der Waals surface area contributed by atoms with E-state index in [2.05, 4.69) is 35.8 Å². The highest BCUT2D eigenvalue weighted by Crippen LogP contribution is 2.40. The van der Waals surface area contributed by atoms with Crippen molar-refractivity contribution in [2.24, 2.45) is 0 Å². The molecule has 3 aromatic heterocycles. The number of halogens is 1. The van der Waals surface area contributed by atoms with Crippen LogP contribution < -0.4 is 10.6 Å². The topological polar surface area (TPSA) is 135 Å². The fourth-order valence-electron chi connectivity index (χ4n) is 2.73. The third kappa shape index (κ3) is 3.87. The molecule has 0 amide bonds. The van der Waals surface area contributed by atoms with Crippen LogP contribution in [0.2, 0.25) is 0 Å². The highest BCUT2D eigenvalue weighted by molar-refractivity contribution is 5.66. The predicted octanol–water partition coefficient (Wildman–Crippen LogP) is 3.44. The average molecular weight is 384 g/mol. The van der Waals surface area contributed by atoms with E-state index in [4.69, 9.17) is 0 Å². The maximum atomic E-state index is 13.0. The van der Waals surface area contributed by atoms with Crippen LogP contribution in [0.5, 0.6) is 0 Å². The van der Waals surface area contributed by atoms with Crippen molar-refractivity contribution in [1.29, 1.82) is 0 Å². The minimum absolute atomic E-state index is 0.0658. The summed E-state index contributed by atoms with van der Waals surface area (Å²) < 4.78 is 13.0. The lowest BCUT2D eigenvalue weighted by atomic mass is 10.3.